The molecule has 0 bridgehead atoms. The van der Waals surface area contributed by atoms with E-state index in [-0.39, 0.29) is 54.3 Å². The summed E-state index contributed by atoms with van der Waals surface area (Å²) in [5, 5.41) is 13.2. The number of primary amides is 1. The number of nitrogens with zero attached hydrogens (tertiary/aromatic N) is 2. The van der Waals surface area contributed by atoms with Gasteiger partial charge in [-0.25, -0.2) is 18.4 Å². The molecule has 1 aliphatic carbocycles. The Kier molecular flexibility index (Phi) is 6.48. The molecule has 4 rings (SSSR count). The highest BCUT2D eigenvalue weighted by molar-refractivity contribution is 5.92. The lowest BCUT2D eigenvalue weighted by atomic mass is 10.0. The van der Waals surface area contributed by atoms with Gasteiger partial charge in [-0.1, -0.05) is 0 Å². The first kappa shape index (κ1) is 25.5. The zero-order chi connectivity index (χ0) is 26.4. The molecule has 196 valence electrons. The van der Waals surface area contributed by atoms with Crippen LogP contribution in [0.15, 0.2) is 16.9 Å². The van der Waals surface area contributed by atoms with Crippen molar-refractivity contribution in [2.75, 3.05) is 24.6 Å². The Morgan fingerprint density at radius 2 is 2.00 bits per heavy atom. The summed E-state index contributed by atoms with van der Waals surface area (Å²) in [7, 11) is 0. The molecule has 2 fully saturated rings. The van der Waals surface area contributed by atoms with E-state index in [0.29, 0.717) is 0 Å². The topological polar surface area (TPSA) is 136 Å². The maximum absolute atomic E-state index is 15.6. The third kappa shape index (κ3) is 5.31. The molecule has 0 spiro atoms. The number of rotatable bonds is 6. The molecule has 0 radical (unpaired) electrons. The lowest BCUT2D eigenvalue weighted by molar-refractivity contribution is 0.0523. The number of alkyl halides is 1. The van der Waals surface area contributed by atoms with Gasteiger partial charge in [-0.15, -0.1) is 0 Å². The fraction of sp³-hybridized carbons (Fsp3) is 0.542. The number of ether oxygens (including phenoxy) is 2. The van der Waals surface area contributed by atoms with Crippen LogP contribution < -0.4 is 21.5 Å². The Bertz CT molecular complexity index is 1270. The number of anilines is 1. The van der Waals surface area contributed by atoms with Crippen molar-refractivity contribution in [1.82, 2.24) is 9.88 Å². The highest BCUT2D eigenvalue weighted by Gasteiger charge is 2.42. The van der Waals surface area contributed by atoms with Crippen molar-refractivity contribution in [3.63, 3.8) is 0 Å². The largest absolute Gasteiger partial charge is 0.507 e. The van der Waals surface area contributed by atoms with Crippen LogP contribution in [-0.2, 0) is 16.0 Å². The second-order valence-electron chi connectivity index (χ2n) is 10.3. The van der Waals surface area contributed by atoms with E-state index in [9.17, 15) is 19.5 Å². The van der Waals surface area contributed by atoms with Gasteiger partial charge in [-0.05, 0) is 39.7 Å². The highest BCUT2D eigenvalue weighted by Crippen LogP contribution is 2.43. The van der Waals surface area contributed by atoms with Crippen molar-refractivity contribution < 1.29 is 33.0 Å². The molecule has 10 nitrogen and oxygen atoms in total. The summed E-state index contributed by atoms with van der Waals surface area (Å²) >= 11 is 0. The molecule has 4 N–H and O–H groups in total. The Labute approximate surface area is 205 Å². The number of carbonyl (C=O) groups is 2. The van der Waals surface area contributed by atoms with E-state index in [2.05, 4.69) is 10.1 Å². The molecule has 1 aromatic heterocycles. The molecule has 12 heteroatoms. The SMILES string of the molecule is CC(C)(C)OC(=O)NCc1c(N2CCC(F)(COC(N)=O)C2)c(F)cc2c(O)cc(=O)n(C3CC3)c12. The predicted molar refractivity (Wildman–Crippen MR) is 127 cm³/mol. The number of hydrogen-bond donors (Lipinski definition) is 3. The fourth-order valence-electron chi connectivity index (χ4n) is 4.55. The molecule has 1 saturated carbocycles. The third-order valence-corrected chi connectivity index (χ3v) is 6.15. The van der Waals surface area contributed by atoms with E-state index in [0.717, 1.165) is 25.0 Å². The van der Waals surface area contributed by atoms with E-state index < -0.39 is 47.2 Å². The molecule has 1 saturated heterocycles. The minimum Gasteiger partial charge on any atom is -0.507 e. The average molecular weight is 509 g/mol. The molecule has 1 aliphatic heterocycles. The summed E-state index contributed by atoms with van der Waals surface area (Å²) in [6.45, 7) is 4.00. The number of fused-ring (bicyclic) bond motifs is 1. The van der Waals surface area contributed by atoms with E-state index >= 15 is 8.78 Å². The Morgan fingerprint density at radius 1 is 1.31 bits per heavy atom. The van der Waals surface area contributed by atoms with Gasteiger partial charge in [-0.3, -0.25) is 4.79 Å². The zero-order valence-corrected chi connectivity index (χ0v) is 20.4. The Morgan fingerprint density at radius 3 is 2.61 bits per heavy atom. The van der Waals surface area contributed by atoms with Crippen LogP contribution in [0, 0.1) is 5.82 Å². The summed E-state index contributed by atoms with van der Waals surface area (Å²) in [5.74, 6) is -1.16. The van der Waals surface area contributed by atoms with E-state index in [1.165, 1.54) is 9.47 Å². The van der Waals surface area contributed by atoms with Crippen molar-refractivity contribution >= 4 is 28.8 Å². The Hall–Kier alpha value is -3.57. The fourth-order valence-corrected chi connectivity index (χ4v) is 4.55. The maximum Gasteiger partial charge on any atom is 0.407 e. The summed E-state index contributed by atoms with van der Waals surface area (Å²) in [5.41, 5.74) is 2.20. The van der Waals surface area contributed by atoms with Crippen LogP contribution in [0.5, 0.6) is 5.75 Å². The van der Waals surface area contributed by atoms with Gasteiger partial charge >= 0.3 is 12.2 Å². The summed E-state index contributed by atoms with van der Waals surface area (Å²) in [6, 6.07) is 2.00. The number of nitrogens with two attached hydrogens (primary N) is 1. The van der Waals surface area contributed by atoms with Crippen LogP contribution >= 0.6 is 0 Å². The van der Waals surface area contributed by atoms with Crippen molar-refractivity contribution in [1.29, 1.82) is 0 Å². The quantitative estimate of drug-likeness (QED) is 0.545. The minimum atomic E-state index is -1.97. The second-order valence-corrected chi connectivity index (χ2v) is 10.3. The molecule has 1 unspecified atom stereocenters. The van der Waals surface area contributed by atoms with Gasteiger partial charge in [0.1, 0.15) is 23.8 Å². The molecule has 1 atom stereocenters. The standard InChI is InChI=1S/C24H30F2N4O6/c1-23(2,3)36-22(34)28-10-15-19-14(17(31)9-18(32)30(19)13-4-5-13)8-16(25)20(15)29-7-6-24(26,11-29)12-35-21(27)33/h8-9,13,31H,4-7,10-12H2,1-3H3,(H2,27,33)(H,28,34). The van der Waals surface area contributed by atoms with E-state index in [4.69, 9.17) is 10.5 Å². The molecule has 1 aromatic carbocycles. The van der Waals surface area contributed by atoms with Crippen LogP contribution in [0.1, 0.15) is 51.6 Å². The van der Waals surface area contributed by atoms with Crippen molar-refractivity contribution in [3.8, 4) is 5.75 Å². The van der Waals surface area contributed by atoms with Gasteiger partial charge in [-0.2, -0.15) is 0 Å². The monoisotopic (exact) mass is 508 g/mol. The smallest absolute Gasteiger partial charge is 0.407 e. The molecule has 2 aromatic rings. The highest BCUT2D eigenvalue weighted by atomic mass is 19.1. The van der Waals surface area contributed by atoms with Crippen molar-refractivity contribution in [2.45, 2.75) is 63.9 Å². The normalized spacial score (nSPS) is 20.0. The van der Waals surface area contributed by atoms with Crippen LogP contribution in [0.25, 0.3) is 10.9 Å². The van der Waals surface area contributed by atoms with Gasteiger partial charge < -0.3 is 35.1 Å². The van der Waals surface area contributed by atoms with E-state index in [1.807, 2.05) is 0 Å². The summed E-state index contributed by atoms with van der Waals surface area (Å²) in [6.07, 6.45) is -0.483. The number of aromatic nitrogens is 1. The number of alkyl carbamates (subject to hydrolysis) is 1. The number of benzene rings is 1. The molecular weight excluding hydrogens is 478 g/mol. The van der Waals surface area contributed by atoms with Crippen molar-refractivity contribution in [2.24, 2.45) is 5.73 Å². The lowest BCUT2D eigenvalue weighted by Gasteiger charge is -2.27. The Balaban J connectivity index is 1.82. The van der Waals surface area contributed by atoms with E-state index in [1.54, 1.807) is 20.8 Å². The minimum absolute atomic E-state index is 0.0171. The average Bonchev–Trinajstić information content (AvgIpc) is 3.51. The number of nitrogens with one attached hydrogen (secondary N) is 1. The first-order chi connectivity index (χ1) is 16.8. The predicted octanol–water partition coefficient (Wildman–Crippen LogP) is 3.22. The van der Waals surface area contributed by atoms with Gasteiger partial charge in [0, 0.05) is 36.0 Å². The third-order valence-electron chi connectivity index (χ3n) is 6.15. The molecule has 2 aliphatic rings. The number of carbonyl (C=O) groups excluding carboxylic acids is 2. The lowest BCUT2D eigenvalue weighted by Crippen LogP contribution is -2.37. The molecular formula is C24H30F2N4O6. The van der Waals surface area contributed by atoms with Gasteiger partial charge in [0.25, 0.3) is 5.56 Å². The van der Waals surface area contributed by atoms with Crippen LogP contribution in [-0.4, -0.2) is 52.8 Å². The summed E-state index contributed by atoms with van der Waals surface area (Å²) in [4.78, 5) is 37.7. The summed E-state index contributed by atoms with van der Waals surface area (Å²) < 4.78 is 42.4. The number of pyridine rings is 1. The number of aromatic hydroxyl groups is 1. The molecule has 2 heterocycles. The van der Waals surface area contributed by atoms with Crippen LogP contribution in [0.3, 0.4) is 0 Å². The first-order valence-electron chi connectivity index (χ1n) is 11.7. The van der Waals surface area contributed by atoms with Crippen LogP contribution in [0.2, 0.25) is 0 Å². The first-order valence-corrected chi connectivity index (χ1v) is 11.7. The van der Waals surface area contributed by atoms with Gasteiger partial charge in [0.05, 0.1) is 24.3 Å². The number of amides is 2. The number of halogens is 2. The van der Waals surface area contributed by atoms with Crippen LogP contribution in [0.4, 0.5) is 24.1 Å². The number of hydrogen-bond acceptors (Lipinski definition) is 7. The zero-order valence-electron chi connectivity index (χ0n) is 20.4. The maximum atomic E-state index is 15.6. The van der Waals surface area contributed by atoms with Gasteiger partial charge in [0.2, 0.25) is 0 Å². The van der Waals surface area contributed by atoms with Gasteiger partial charge in [0.15, 0.2) is 5.67 Å². The molecule has 36 heavy (non-hydrogen) atoms. The van der Waals surface area contributed by atoms with Crippen molar-refractivity contribution in [3.05, 3.63) is 33.9 Å². The second kappa shape index (κ2) is 9.14. The molecule has 2 amide bonds.